The molecule has 0 radical (unpaired) electrons. The van der Waals surface area contributed by atoms with Crippen LogP contribution in [0.15, 0.2) is 54.6 Å². The van der Waals surface area contributed by atoms with Crippen LogP contribution in [0.1, 0.15) is 42.1 Å². The first-order valence-corrected chi connectivity index (χ1v) is 9.88. The van der Waals surface area contributed by atoms with Gasteiger partial charge in [0, 0.05) is 17.6 Å². The first kappa shape index (κ1) is 18.5. The molecule has 3 atom stereocenters. The van der Waals surface area contributed by atoms with Gasteiger partial charge in [0.2, 0.25) is 0 Å². The molecule has 2 saturated heterocycles. The summed E-state index contributed by atoms with van der Waals surface area (Å²) in [5.41, 5.74) is 0.816. The number of phenols is 1. The Morgan fingerprint density at radius 2 is 1.93 bits per heavy atom. The molecule has 0 saturated carbocycles. The molecule has 2 fully saturated rings. The zero-order chi connectivity index (χ0) is 19.7. The van der Waals surface area contributed by atoms with Crippen LogP contribution >= 0.6 is 0 Å². The van der Waals surface area contributed by atoms with Crippen molar-refractivity contribution in [2.45, 2.75) is 44.7 Å². The molecule has 2 aromatic carbocycles. The fourth-order valence-corrected chi connectivity index (χ4v) is 4.99. The van der Waals surface area contributed by atoms with Crippen molar-refractivity contribution in [2.24, 2.45) is 5.41 Å². The summed E-state index contributed by atoms with van der Waals surface area (Å²) < 4.78 is 5.49. The number of aromatic hydroxyl groups is 1. The van der Waals surface area contributed by atoms with Gasteiger partial charge in [-0.15, -0.1) is 0 Å². The van der Waals surface area contributed by atoms with E-state index in [0.717, 1.165) is 18.4 Å². The second-order valence-electron chi connectivity index (χ2n) is 7.75. The highest BCUT2D eigenvalue weighted by Crippen LogP contribution is 2.52. The minimum Gasteiger partial charge on any atom is -0.508 e. The van der Waals surface area contributed by atoms with Gasteiger partial charge in [-0.2, -0.15) is 0 Å². The second-order valence-corrected chi connectivity index (χ2v) is 7.75. The minimum atomic E-state index is -0.716. The molecule has 1 amide bonds. The van der Waals surface area contributed by atoms with Gasteiger partial charge in [-0.05, 0) is 56.4 Å². The van der Waals surface area contributed by atoms with Crippen LogP contribution in [0.4, 0.5) is 0 Å². The summed E-state index contributed by atoms with van der Waals surface area (Å²) in [6.07, 6.45) is 2.87. The fraction of sp³-hybridized carbons (Fsp3) is 0.391. The highest BCUT2D eigenvalue weighted by Gasteiger charge is 2.61. The van der Waals surface area contributed by atoms with E-state index in [1.165, 1.54) is 6.07 Å². The number of phenolic OH excluding ortho intramolecular Hbond substituents is 1. The number of hydrogen-bond donors (Lipinski definition) is 1. The van der Waals surface area contributed by atoms with Gasteiger partial charge in [0.15, 0.2) is 0 Å². The van der Waals surface area contributed by atoms with Gasteiger partial charge in [0.1, 0.15) is 5.75 Å². The Labute approximate surface area is 164 Å². The Kier molecular flexibility index (Phi) is 4.84. The molecule has 2 aliphatic rings. The quantitative estimate of drug-likeness (QED) is 0.807. The van der Waals surface area contributed by atoms with Crippen molar-refractivity contribution < 1.29 is 19.4 Å². The number of carbonyl (C=O) groups is 2. The maximum absolute atomic E-state index is 13.2. The van der Waals surface area contributed by atoms with Crippen molar-refractivity contribution in [1.82, 2.24) is 4.90 Å². The molecule has 4 rings (SSSR count). The van der Waals surface area contributed by atoms with Crippen LogP contribution in [0.2, 0.25) is 0 Å². The van der Waals surface area contributed by atoms with Gasteiger partial charge in [0.25, 0.3) is 5.91 Å². The smallest absolute Gasteiger partial charge is 0.314 e. The van der Waals surface area contributed by atoms with E-state index in [4.69, 9.17) is 4.74 Å². The SMILES string of the molecule is CCOC(=O)[C@@]1(Cc2ccccc2)C[C@H]2CC[C@@H]1N2C(=O)c1cccc(O)c1. The van der Waals surface area contributed by atoms with Crippen LogP contribution in [0.25, 0.3) is 0 Å². The maximum Gasteiger partial charge on any atom is 0.314 e. The molecule has 28 heavy (non-hydrogen) atoms. The molecule has 0 aromatic heterocycles. The summed E-state index contributed by atoms with van der Waals surface area (Å²) in [6, 6.07) is 16.2. The normalized spacial score (nSPS) is 25.7. The third kappa shape index (κ3) is 3.05. The number of fused-ring (bicyclic) bond motifs is 2. The lowest BCUT2D eigenvalue weighted by Gasteiger charge is -2.35. The zero-order valence-corrected chi connectivity index (χ0v) is 16.0. The van der Waals surface area contributed by atoms with Crippen LogP contribution in [0, 0.1) is 5.41 Å². The van der Waals surface area contributed by atoms with E-state index >= 15 is 0 Å². The van der Waals surface area contributed by atoms with E-state index in [9.17, 15) is 14.7 Å². The number of ether oxygens (including phenoxy) is 1. The number of carbonyl (C=O) groups excluding carboxylic acids is 2. The predicted molar refractivity (Wildman–Crippen MR) is 105 cm³/mol. The summed E-state index contributed by atoms with van der Waals surface area (Å²) in [4.78, 5) is 28.2. The number of amides is 1. The van der Waals surface area contributed by atoms with Gasteiger partial charge in [0.05, 0.1) is 12.0 Å². The number of esters is 1. The molecular weight excluding hydrogens is 354 g/mol. The second kappa shape index (κ2) is 7.30. The van der Waals surface area contributed by atoms with Gasteiger partial charge >= 0.3 is 5.97 Å². The maximum atomic E-state index is 13.2. The largest absolute Gasteiger partial charge is 0.508 e. The third-order valence-electron chi connectivity index (χ3n) is 6.11. The Morgan fingerprint density at radius 3 is 2.64 bits per heavy atom. The van der Waals surface area contributed by atoms with E-state index in [1.807, 2.05) is 42.2 Å². The standard InChI is InChI=1S/C23H25NO4/c1-2-28-22(27)23(14-16-7-4-3-5-8-16)15-18-11-12-20(23)24(18)21(26)17-9-6-10-19(25)13-17/h3-10,13,18,20,25H,2,11-12,14-15H2,1H3/t18-,20+,23+/m1/s1. The van der Waals surface area contributed by atoms with E-state index in [2.05, 4.69) is 0 Å². The lowest BCUT2D eigenvalue weighted by Crippen LogP contribution is -2.47. The summed E-state index contributed by atoms with van der Waals surface area (Å²) in [5, 5.41) is 9.76. The monoisotopic (exact) mass is 379 g/mol. The molecule has 2 bridgehead atoms. The van der Waals surface area contributed by atoms with E-state index in [-0.39, 0.29) is 29.7 Å². The van der Waals surface area contributed by atoms with E-state index < -0.39 is 5.41 Å². The van der Waals surface area contributed by atoms with Gasteiger partial charge in [-0.1, -0.05) is 36.4 Å². The van der Waals surface area contributed by atoms with Gasteiger partial charge < -0.3 is 14.7 Å². The number of nitrogens with zero attached hydrogens (tertiary/aromatic N) is 1. The Hall–Kier alpha value is -2.82. The number of rotatable bonds is 5. The molecule has 0 unspecified atom stereocenters. The first-order chi connectivity index (χ1) is 13.5. The average molecular weight is 379 g/mol. The lowest BCUT2D eigenvalue weighted by molar-refractivity contribution is -0.157. The molecule has 1 N–H and O–H groups in total. The van der Waals surface area contributed by atoms with Crippen molar-refractivity contribution in [3.8, 4) is 5.75 Å². The first-order valence-electron chi connectivity index (χ1n) is 9.88. The predicted octanol–water partition coefficient (Wildman–Crippen LogP) is 3.56. The summed E-state index contributed by atoms with van der Waals surface area (Å²) in [5.74, 6) is -0.263. The van der Waals surface area contributed by atoms with Crippen molar-refractivity contribution in [3.63, 3.8) is 0 Å². The van der Waals surface area contributed by atoms with Crippen LogP contribution in [-0.4, -0.2) is 40.6 Å². The summed E-state index contributed by atoms with van der Waals surface area (Å²) in [7, 11) is 0. The number of benzene rings is 2. The molecule has 2 aromatic rings. The highest BCUT2D eigenvalue weighted by atomic mass is 16.5. The number of hydrogen-bond acceptors (Lipinski definition) is 4. The van der Waals surface area contributed by atoms with Gasteiger partial charge in [-0.25, -0.2) is 0 Å². The zero-order valence-electron chi connectivity index (χ0n) is 16.0. The average Bonchev–Trinajstić information content (AvgIpc) is 3.25. The molecule has 2 aliphatic heterocycles. The molecular formula is C23H25NO4. The topological polar surface area (TPSA) is 66.8 Å². The molecule has 5 nitrogen and oxygen atoms in total. The van der Waals surface area contributed by atoms with Crippen LogP contribution in [0.5, 0.6) is 5.75 Å². The van der Waals surface area contributed by atoms with Crippen molar-refractivity contribution in [2.75, 3.05) is 6.61 Å². The molecule has 0 spiro atoms. The van der Waals surface area contributed by atoms with E-state index in [0.29, 0.717) is 25.0 Å². The van der Waals surface area contributed by atoms with E-state index in [1.54, 1.807) is 18.2 Å². The van der Waals surface area contributed by atoms with Crippen molar-refractivity contribution >= 4 is 11.9 Å². The lowest BCUT2D eigenvalue weighted by atomic mass is 9.70. The Bertz CT molecular complexity index is 881. The molecule has 146 valence electrons. The van der Waals surface area contributed by atoms with Crippen LogP contribution in [-0.2, 0) is 16.0 Å². The summed E-state index contributed by atoms with van der Waals surface area (Å²) >= 11 is 0. The Morgan fingerprint density at radius 1 is 1.14 bits per heavy atom. The highest BCUT2D eigenvalue weighted by molar-refractivity contribution is 5.96. The molecule has 0 aliphatic carbocycles. The van der Waals surface area contributed by atoms with Crippen molar-refractivity contribution in [1.29, 1.82) is 0 Å². The van der Waals surface area contributed by atoms with Gasteiger partial charge in [-0.3, -0.25) is 9.59 Å². The third-order valence-corrected chi connectivity index (χ3v) is 6.11. The molecule has 5 heteroatoms. The fourth-order valence-electron chi connectivity index (χ4n) is 4.99. The Balaban J connectivity index is 1.69. The molecule has 2 heterocycles. The minimum absolute atomic E-state index is 0.0213. The van der Waals surface area contributed by atoms with Crippen LogP contribution < -0.4 is 0 Å². The summed E-state index contributed by atoms with van der Waals surface area (Å²) in [6.45, 7) is 2.14. The van der Waals surface area contributed by atoms with Crippen LogP contribution in [0.3, 0.4) is 0 Å². The van der Waals surface area contributed by atoms with Crippen molar-refractivity contribution in [3.05, 3.63) is 65.7 Å².